The van der Waals surface area contributed by atoms with E-state index < -0.39 is 35.1 Å². The Labute approximate surface area is 282 Å². The Morgan fingerprint density at radius 3 is 2.15 bits per heavy atom. The van der Waals surface area contributed by atoms with Crippen molar-refractivity contribution in [3.8, 4) is 0 Å². The molecule has 0 saturated heterocycles. The summed E-state index contributed by atoms with van der Waals surface area (Å²) >= 11 is 0. The molecule has 0 aliphatic rings. The molecular weight excluding hydrogens is 604 g/mol. The Balaban J connectivity index is 2.90. The molecule has 5 atom stereocenters. The number of carbonyl (C=O) groups excluding carboxylic acids is 3. The molecule has 3 N–H and O–H groups in total. The minimum atomic E-state index is -1.21. The lowest BCUT2D eigenvalue weighted by atomic mass is 9.71. The molecule has 1 amide bonds. The molecule has 47 heavy (non-hydrogen) atoms. The monoisotopic (exact) mass is 665 g/mol. The molecule has 0 radical (unpaired) electrons. The van der Waals surface area contributed by atoms with E-state index in [9.17, 15) is 24.6 Å². The Bertz CT molecular complexity index is 1120. The molecule has 0 heterocycles. The number of amides is 1. The quantitative estimate of drug-likeness (QED) is 0.0366. The van der Waals surface area contributed by atoms with Gasteiger partial charge in [-0.25, -0.2) is 9.39 Å². The number of likely N-dealkylation sites (N-methyl/N-ethyl adjacent to an activating group) is 1. The van der Waals surface area contributed by atoms with Crippen LogP contribution in [0.5, 0.6) is 0 Å². The predicted octanol–water partition coefficient (Wildman–Crippen LogP) is 5.51. The largest absolute Gasteiger partial charge is 0.498 e. The van der Waals surface area contributed by atoms with E-state index in [0.717, 1.165) is 18.4 Å². The number of ether oxygens (including phenoxy) is 4. The van der Waals surface area contributed by atoms with Crippen LogP contribution in [0.25, 0.3) is 0 Å². The van der Waals surface area contributed by atoms with Crippen LogP contribution in [0, 0.1) is 16.7 Å². The summed E-state index contributed by atoms with van der Waals surface area (Å²) in [6.07, 6.45) is 1.36. The lowest BCUT2D eigenvalue weighted by Crippen LogP contribution is -2.57. The summed E-state index contributed by atoms with van der Waals surface area (Å²) in [5.74, 6) is -0.285. The van der Waals surface area contributed by atoms with Gasteiger partial charge in [-0.15, -0.1) is 0 Å². The first kappa shape index (κ1) is 41.9. The highest BCUT2D eigenvalue weighted by Gasteiger charge is 2.40. The van der Waals surface area contributed by atoms with Crippen molar-refractivity contribution in [3.63, 3.8) is 0 Å². The smallest absolute Gasteiger partial charge is 0.451 e. The molecule has 1 rings (SSSR count). The van der Waals surface area contributed by atoms with E-state index in [1.165, 1.54) is 7.11 Å². The van der Waals surface area contributed by atoms with Crippen molar-refractivity contribution < 1.29 is 48.1 Å². The first-order valence-electron chi connectivity index (χ1n) is 16.6. The van der Waals surface area contributed by atoms with Crippen LogP contribution in [0.15, 0.2) is 42.7 Å². The first-order chi connectivity index (χ1) is 21.9. The number of hydrogen-bond acceptors (Lipinski definition) is 9. The van der Waals surface area contributed by atoms with Crippen LogP contribution < -0.4 is 5.43 Å². The Hall–Kier alpha value is -3.15. The fourth-order valence-corrected chi connectivity index (χ4v) is 5.64. The lowest BCUT2D eigenvalue weighted by Gasteiger charge is -2.35. The average molecular weight is 666 g/mol. The summed E-state index contributed by atoms with van der Waals surface area (Å²) in [5.41, 5.74) is 1.90. The molecule has 0 aliphatic heterocycles. The van der Waals surface area contributed by atoms with E-state index >= 15 is 0 Å². The number of quaternary nitrogens is 1. The molecule has 0 saturated carbocycles. The van der Waals surface area contributed by atoms with Gasteiger partial charge in [-0.2, -0.15) is 5.43 Å². The van der Waals surface area contributed by atoms with Crippen LogP contribution in [0.2, 0.25) is 0 Å². The maximum atomic E-state index is 13.2. The van der Waals surface area contributed by atoms with Crippen molar-refractivity contribution in [3.05, 3.63) is 48.2 Å². The van der Waals surface area contributed by atoms with E-state index in [0.29, 0.717) is 38.0 Å². The van der Waals surface area contributed by atoms with Gasteiger partial charge >= 0.3 is 18.0 Å². The van der Waals surface area contributed by atoms with Crippen LogP contribution >= 0.6 is 0 Å². The fourth-order valence-electron chi connectivity index (χ4n) is 5.64. The van der Waals surface area contributed by atoms with Gasteiger partial charge in [0.2, 0.25) is 0 Å². The molecule has 1 aromatic carbocycles. The van der Waals surface area contributed by atoms with Crippen molar-refractivity contribution in [2.75, 3.05) is 47.6 Å². The second-order valence-corrected chi connectivity index (χ2v) is 14.2. The molecule has 0 aromatic heterocycles. The zero-order valence-corrected chi connectivity index (χ0v) is 30.2. The van der Waals surface area contributed by atoms with Crippen molar-refractivity contribution >= 4 is 18.0 Å². The number of carbonyl (C=O) groups is 3. The van der Waals surface area contributed by atoms with Gasteiger partial charge in [-0.05, 0) is 71.3 Å². The number of hydrogen-bond donors (Lipinski definition) is 3. The Morgan fingerprint density at radius 1 is 0.957 bits per heavy atom. The predicted molar refractivity (Wildman–Crippen MR) is 181 cm³/mol. The van der Waals surface area contributed by atoms with Gasteiger partial charge in [0.15, 0.2) is 0 Å². The number of rotatable bonds is 22. The molecule has 1 aromatic rings. The third-order valence-corrected chi connectivity index (χ3v) is 8.34. The third kappa shape index (κ3) is 15.5. The third-order valence-electron chi connectivity index (χ3n) is 8.34. The molecule has 0 aliphatic carbocycles. The number of allylic oxidation sites excluding steroid dienone is 1. The molecule has 268 valence electrons. The second kappa shape index (κ2) is 19.6. The van der Waals surface area contributed by atoms with Crippen LogP contribution in [-0.4, -0.2) is 92.6 Å². The zero-order chi connectivity index (χ0) is 35.8. The standard InChI is InChI=1S/C36H60N2O9/c1-11-12-20-45-28(4)26(2)21-36(7,33(42)44-10)22-30(29-16-14-13-15-17-29)18-19-35(5,6)32(41)46-24-31(40)25-47-34(43)37-38(8,9)23-27(3)39/h13-17,26-27,30-31,39-40H,4,11-12,18-25H2,1-3,5-10H3/p+1. The maximum Gasteiger partial charge on any atom is 0.451 e. The lowest BCUT2D eigenvalue weighted by molar-refractivity contribution is -0.928. The van der Waals surface area contributed by atoms with E-state index in [1.807, 2.05) is 44.2 Å². The van der Waals surface area contributed by atoms with Crippen molar-refractivity contribution in [1.82, 2.24) is 5.43 Å². The molecular formula is C36H61N2O9+. The summed E-state index contributed by atoms with van der Waals surface area (Å²) in [6.45, 7) is 15.5. The molecule has 0 bridgehead atoms. The molecule has 11 heteroatoms. The highest BCUT2D eigenvalue weighted by molar-refractivity contribution is 5.77. The van der Waals surface area contributed by atoms with E-state index in [1.54, 1.807) is 34.9 Å². The van der Waals surface area contributed by atoms with E-state index in [2.05, 4.69) is 18.9 Å². The molecule has 0 spiro atoms. The van der Waals surface area contributed by atoms with E-state index in [4.69, 9.17) is 18.9 Å². The Morgan fingerprint density at radius 2 is 1.57 bits per heavy atom. The van der Waals surface area contributed by atoms with E-state index in [-0.39, 0.29) is 42.2 Å². The van der Waals surface area contributed by atoms with Gasteiger partial charge in [0.05, 0.1) is 44.4 Å². The van der Waals surface area contributed by atoms with Gasteiger partial charge in [0.25, 0.3) is 0 Å². The van der Waals surface area contributed by atoms with Gasteiger partial charge < -0.3 is 29.2 Å². The Kier molecular flexibility index (Phi) is 17.5. The fraction of sp³-hybridized carbons (Fsp3) is 0.694. The number of nitrogens with one attached hydrogen (secondary N) is 1. The van der Waals surface area contributed by atoms with Crippen molar-refractivity contribution in [2.24, 2.45) is 16.7 Å². The SMILES string of the molecule is C=C(OCCCC)C(C)CC(C)(CC(CCC(C)(C)C(=O)OCC(O)COC(=O)N[N+](C)(C)CC(C)O)c1ccccc1)C(=O)OC. The van der Waals surface area contributed by atoms with Crippen LogP contribution in [0.3, 0.4) is 0 Å². The summed E-state index contributed by atoms with van der Waals surface area (Å²) in [6, 6.07) is 9.91. The highest BCUT2D eigenvalue weighted by Crippen LogP contribution is 2.43. The summed E-state index contributed by atoms with van der Waals surface area (Å²) < 4.78 is 21.6. The van der Waals surface area contributed by atoms with Crippen LogP contribution in [0.1, 0.15) is 91.5 Å². The second-order valence-electron chi connectivity index (χ2n) is 14.2. The van der Waals surface area contributed by atoms with Gasteiger partial charge in [-0.1, -0.05) is 57.2 Å². The van der Waals surface area contributed by atoms with Crippen molar-refractivity contribution in [1.29, 1.82) is 0 Å². The van der Waals surface area contributed by atoms with Crippen LogP contribution in [0.4, 0.5) is 4.79 Å². The normalized spacial score (nSPS) is 15.7. The number of aliphatic hydroxyl groups excluding tert-OH is 2. The topological polar surface area (TPSA) is 141 Å². The maximum absolute atomic E-state index is 13.2. The number of esters is 2. The minimum absolute atomic E-state index is 0.0136. The van der Waals surface area contributed by atoms with Gasteiger partial charge in [0, 0.05) is 5.92 Å². The molecule has 0 fully saturated rings. The molecule has 11 nitrogen and oxygen atoms in total. The number of nitrogens with zero attached hydrogens (tertiary/aromatic N) is 1. The molecule has 5 unspecified atom stereocenters. The highest BCUT2D eigenvalue weighted by atomic mass is 16.6. The minimum Gasteiger partial charge on any atom is -0.498 e. The van der Waals surface area contributed by atoms with Crippen molar-refractivity contribution in [2.45, 2.75) is 98.2 Å². The summed E-state index contributed by atoms with van der Waals surface area (Å²) in [5, 5.41) is 19.9. The average Bonchev–Trinajstić information content (AvgIpc) is 2.99. The number of aliphatic hydroxyl groups is 2. The summed E-state index contributed by atoms with van der Waals surface area (Å²) in [4.78, 5) is 38.5. The number of methoxy groups -OCH3 is 1. The summed E-state index contributed by atoms with van der Waals surface area (Å²) in [7, 11) is 4.78. The number of benzene rings is 1. The number of unbranched alkanes of at least 4 members (excludes halogenated alkanes) is 1. The zero-order valence-electron chi connectivity index (χ0n) is 30.2. The van der Waals surface area contributed by atoms with Gasteiger partial charge in [0.1, 0.15) is 32.0 Å². The van der Waals surface area contributed by atoms with Gasteiger partial charge in [-0.3, -0.25) is 9.59 Å². The van der Waals surface area contributed by atoms with Crippen LogP contribution in [-0.2, 0) is 28.5 Å². The first-order valence-corrected chi connectivity index (χ1v) is 16.6.